The normalized spacial score (nSPS) is 12.6. The van der Waals surface area contributed by atoms with Crippen LogP contribution in [0.5, 0.6) is 0 Å². The van der Waals surface area contributed by atoms with Crippen LogP contribution in [-0.4, -0.2) is 11.7 Å². The number of aliphatic imine (C=N–C) groups is 2. The molecule has 0 saturated heterocycles. The number of fused-ring (bicyclic) bond motifs is 9. The van der Waals surface area contributed by atoms with Gasteiger partial charge in [-0.3, -0.25) is 4.99 Å². The van der Waals surface area contributed by atoms with E-state index in [-0.39, 0.29) is 0 Å². The number of furan rings is 2. The Morgan fingerprint density at radius 1 is 0.500 bits per heavy atom. The Morgan fingerprint density at radius 3 is 2.15 bits per heavy atom. The van der Waals surface area contributed by atoms with Gasteiger partial charge < -0.3 is 14.6 Å². The molecule has 246 valence electrons. The lowest BCUT2D eigenvalue weighted by atomic mass is 9.99. The van der Waals surface area contributed by atoms with E-state index in [0.717, 1.165) is 71.5 Å². The Morgan fingerprint density at radius 2 is 1.23 bits per heavy atom. The summed E-state index contributed by atoms with van der Waals surface area (Å²) in [6, 6.07) is 56.1. The summed E-state index contributed by atoms with van der Waals surface area (Å²) in [7, 11) is 0. The van der Waals surface area contributed by atoms with Crippen molar-refractivity contribution in [2.75, 3.05) is 0 Å². The molecule has 0 saturated carbocycles. The van der Waals surface area contributed by atoms with Crippen LogP contribution in [0.15, 0.2) is 183 Å². The predicted molar refractivity (Wildman–Crippen MR) is 215 cm³/mol. The maximum atomic E-state index is 6.89. The molecule has 10 rings (SSSR count). The van der Waals surface area contributed by atoms with E-state index in [9.17, 15) is 0 Å². The highest BCUT2D eigenvalue weighted by Crippen LogP contribution is 2.35. The lowest BCUT2D eigenvalue weighted by molar-refractivity contribution is 0.668. The first-order valence-corrected chi connectivity index (χ1v) is 17.4. The summed E-state index contributed by atoms with van der Waals surface area (Å²) in [6.45, 7) is 0.373. The second-order valence-corrected chi connectivity index (χ2v) is 13.1. The quantitative estimate of drug-likeness (QED) is 0.113. The lowest BCUT2D eigenvalue weighted by Gasteiger charge is -2.09. The zero-order valence-electron chi connectivity index (χ0n) is 28.1. The molecule has 0 aliphatic carbocycles. The molecule has 5 nitrogen and oxygen atoms in total. The van der Waals surface area contributed by atoms with E-state index in [1.807, 2.05) is 48.5 Å². The highest BCUT2D eigenvalue weighted by molar-refractivity contribution is 6.19. The fraction of sp³-hybridized carbons (Fsp3) is 0.0213. The van der Waals surface area contributed by atoms with Crippen LogP contribution >= 0.6 is 0 Å². The number of nitrogens with two attached hydrogens (primary N) is 1. The molecule has 0 unspecified atom stereocenters. The van der Waals surface area contributed by atoms with Crippen LogP contribution in [0.2, 0.25) is 0 Å². The van der Waals surface area contributed by atoms with Gasteiger partial charge in [0.1, 0.15) is 28.2 Å². The standard InChI is InChI=1S/C47H31N3O2/c48-46(39-17-9-16-38-37-15-6-7-18-41(37)52-45(38)39)50-47(33-22-24-36-32(26-33)21-20-30-12-4-5-14-35(30)36)49-28-34-13-8-19-43-44(34)40-27-31(23-25-42(40)51-43)29-10-2-1-3-11-29/h1-27H,28H2,(H2,48,49,50). The average Bonchev–Trinajstić information content (AvgIpc) is 3.78. The number of hydrogen-bond donors (Lipinski definition) is 1. The first-order valence-electron chi connectivity index (χ1n) is 17.4. The van der Waals surface area contributed by atoms with Gasteiger partial charge in [-0.2, -0.15) is 0 Å². The molecule has 0 bridgehead atoms. The van der Waals surface area contributed by atoms with E-state index < -0.39 is 0 Å². The molecule has 5 heteroatoms. The molecule has 0 amide bonds. The van der Waals surface area contributed by atoms with Crippen molar-refractivity contribution in [3.05, 3.63) is 180 Å². The van der Waals surface area contributed by atoms with Crippen LogP contribution in [0.1, 0.15) is 16.7 Å². The third-order valence-corrected chi connectivity index (χ3v) is 10.00. The topological polar surface area (TPSA) is 77.0 Å². The number of rotatable bonds is 5. The second-order valence-electron chi connectivity index (χ2n) is 13.1. The van der Waals surface area contributed by atoms with Crippen molar-refractivity contribution in [3.8, 4) is 11.1 Å². The van der Waals surface area contributed by atoms with Gasteiger partial charge in [0.2, 0.25) is 0 Å². The molecule has 0 fully saturated rings. The summed E-state index contributed by atoms with van der Waals surface area (Å²) in [4.78, 5) is 10.3. The Labute approximate surface area is 299 Å². The minimum absolute atomic E-state index is 0.335. The van der Waals surface area contributed by atoms with E-state index in [1.54, 1.807) is 0 Å². The number of amidine groups is 2. The number of hydrogen-bond acceptors (Lipinski definition) is 3. The minimum Gasteiger partial charge on any atom is -0.456 e. The second kappa shape index (κ2) is 12.1. The third kappa shape index (κ3) is 5.02. The number of para-hydroxylation sites is 2. The number of benzene rings is 8. The van der Waals surface area contributed by atoms with E-state index in [0.29, 0.717) is 23.8 Å². The Balaban J connectivity index is 1.13. The van der Waals surface area contributed by atoms with Gasteiger partial charge in [0.15, 0.2) is 5.84 Å². The van der Waals surface area contributed by atoms with Crippen LogP contribution in [0.4, 0.5) is 0 Å². The van der Waals surface area contributed by atoms with Crippen molar-refractivity contribution < 1.29 is 8.83 Å². The summed E-state index contributed by atoms with van der Waals surface area (Å²) in [5, 5.41) is 8.83. The zero-order valence-corrected chi connectivity index (χ0v) is 28.1. The highest BCUT2D eigenvalue weighted by atomic mass is 16.3. The largest absolute Gasteiger partial charge is 0.456 e. The van der Waals surface area contributed by atoms with Crippen molar-refractivity contribution in [3.63, 3.8) is 0 Å². The molecule has 0 aliphatic rings. The molecular formula is C47H31N3O2. The first-order chi connectivity index (χ1) is 25.7. The van der Waals surface area contributed by atoms with E-state index in [4.69, 9.17) is 24.6 Å². The molecule has 0 aliphatic heterocycles. The molecular weight excluding hydrogens is 639 g/mol. The SMILES string of the molecule is NC(=NC(=NCc1cccc2oc3ccc(-c4ccccc4)cc3c12)c1ccc2c(ccc3ccccc32)c1)c1cccc2c1oc1ccccc12. The van der Waals surface area contributed by atoms with Gasteiger partial charge in [-0.1, -0.05) is 127 Å². The molecule has 8 aromatic carbocycles. The van der Waals surface area contributed by atoms with Gasteiger partial charge in [0.25, 0.3) is 0 Å². The summed E-state index contributed by atoms with van der Waals surface area (Å²) in [5.41, 5.74) is 15.0. The Hall–Kier alpha value is -6.98. The van der Waals surface area contributed by atoms with Crippen molar-refractivity contribution in [2.45, 2.75) is 6.54 Å². The maximum absolute atomic E-state index is 6.89. The lowest BCUT2D eigenvalue weighted by Crippen LogP contribution is -2.16. The summed E-state index contributed by atoms with van der Waals surface area (Å²) >= 11 is 0. The Kier molecular flexibility index (Phi) is 6.96. The van der Waals surface area contributed by atoms with Crippen LogP contribution < -0.4 is 5.73 Å². The van der Waals surface area contributed by atoms with Gasteiger partial charge in [-0.25, -0.2) is 4.99 Å². The van der Waals surface area contributed by atoms with Crippen LogP contribution in [0, 0.1) is 0 Å². The fourth-order valence-corrected chi connectivity index (χ4v) is 7.47. The minimum atomic E-state index is 0.335. The maximum Gasteiger partial charge on any atom is 0.157 e. The fourth-order valence-electron chi connectivity index (χ4n) is 7.47. The van der Waals surface area contributed by atoms with Crippen LogP contribution in [0.25, 0.3) is 76.5 Å². The average molecular weight is 670 g/mol. The smallest absolute Gasteiger partial charge is 0.157 e. The molecule has 0 atom stereocenters. The van der Waals surface area contributed by atoms with Crippen molar-refractivity contribution in [1.82, 2.24) is 0 Å². The zero-order chi connectivity index (χ0) is 34.6. The number of nitrogens with zero attached hydrogens (tertiary/aromatic N) is 2. The van der Waals surface area contributed by atoms with Crippen molar-refractivity contribution >= 4 is 77.1 Å². The predicted octanol–water partition coefficient (Wildman–Crippen LogP) is 11.8. The molecule has 52 heavy (non-hydrogen) atoms. The summed E-state index contributed by atoms with van der Waals surface area (Å²) < 4.78 is 12.7. The Bertz CT molecular complexity index is 3060. The van der Waals surface area contributed by atoms with E-state index >= 15 is 0 Å². The van der Waals surface area contributed by atoms with E-state index in [1.165, 1.54) is 16.2 Å². The van der Waals surface area contributed by atoms with Gasteiger partial charge >= 0.3 is 0 Å². The van der Waals surface area contributed by atoms with Crippen molar-refractivity contribution in [2.24, 2.45) is 15.7 Å². The van der Waals surface area contributed by atoms with Gasteiger partial charge in [0, 0.05) is 27.1 Å². The van der Waals surface area contributed by atoms with Gasteiger partial charge in [0.05, 0.1) is 12.1 Å². The van der Waals surface area contributed by atoms with E-state index in [2.05, 4.69) is 115 Å². The summed E-state index contributed by atoms with van der Waals surface area (Å²) in [6.07, 6.45) is 0. The van der Waals surface area contributed by atoms with Crippen LogP contribution in [0.3, 0.4) is 0 Å². The molecule has 2 N–H and O–H groups in total. The van der Waals surface area contributed by atoms with Crippen molar-refractivity contribution in [1.29, 1.82) is 0 Å². The summed E-state index contributed by atoms with van der Waals surface area (Å²) in [5.74, 6) is 0.872. The van der Waals surface area contributed by atoms with Crippen LogP contribution in [-0.2, 0) is 6.54 Å². The molecule has 2 heterocycles. The molecule has 0 spiro atoms. The molecule has 0 radical (unpaired) electrons. The molecule has 2 aromatic heterocycles. The first kappa shape index (κ1) is 29.9. The van der Waals surface area contributed by atoms with Gasteiger partial charge in [-0.05, 0) is 74.6 Å². The third-order valence-electron chi connectivity index (χ3n) is 10.00. The monoisotopic (exact) mass is 669 g/mol. The van der Waals surface area contributed by atoms with Gasteiger partial charge in [-0.15, -0.1) is 0 Å². The highest BCUT2D eigenvalue weighted by Gasteiger charge is 2.16. The molecule has 10 aromatic rings.